The Bertz CT molecular complexity index is 1050. The van der Waals surface area contributed by atoms with Gasteiger partial charge in [0.05, 0.1) is 7.11 Å². The van der Waals surface area contributed by atoms with Crippen molar-refractivity contribution >= 4 is 27.7 Å². The van der Waals surface area contributed by atoms with E-state index in [0.29, 0.717) is 0 Å². The predicted molar refractivity (Wildman–Crippen MR) is 115 cm³/mol. The van der Waals surface area contributed by atoms with E-state index in [0.717, 1.165) is 38.2 Å². The Morgan fingerprint density at radius 1 is 0.929 bits per heavy atom. The van der Waals surface area contributed by atoms with Crippen molar-refractivity contribution in [2.75, 3.05) is 7.11 Å². The molecular weight excluding hydrogens is 436 g/mol. The first-order valence-electron chi connectivity index (χ1n) is 8.62. The monoisotopic (exact) mass is 452 g/mol. The van der Waals surface area contributed by atoms with Gasteiger partial charge in [0, 0.05) is 33.9 Å². The molecule has 28 heavy (non-hydrogen) atoms. The molecule has 0 saturated carbocycles. The molecule has 0 aliphatic heterocycles. The Morgan fingerprint density at radius 3 is 2.32 bits per heavy atom. The summed E-state index contributed by atoms with van der Waals surface area (Å²) in [7, 11) is 1.66. The zero-order valence-corrected chi connectivity index (χ0v) is 17.5. The number of ether oxygens (including phenoxy) is 1. The maximum Gasteiger partial charge on any atom is 0.196 e. The van der Waals surface area contributed by atoms with Crippen LogP contribution in [-0.4, -0.2) is 26.9 Å². The maximum absolute atomic E-state index is 5.29. The van der Waals surface area contributed by atoms with Crippen LogP contribution >= 0.6 is 27.7 Å². The smallest absolute Gasteiger partial charge is 0.196 e. The van der Waals surface area contributed by atoms with E-state index in [4.69, 9.17) is 4.74 Å². The van der Waals surface area contributed by atoms with Gasteiger partial charge in [-0.3, -0.25) is 9.55 Å². The van der Waals surface area contributed by atoms with E-state index in [9.17, 15) is 0 Å². The summed E-state index contributed by atoms with van der Waals surface area (Å²) in [4.78, 5) is 4.10. The molecule has 4 aromatic rings. The molecule has 4 rings (SSSR count). The molecule has 2 heterocycles. The fourth-order valence-corrected chi connectivity index (χ4v) is 3.92. The highest BCUT2D eigenvalue weighted by molar-refractivity contribution is 9.10. The van der Waals surface area contributed by atoms with Gasteiger partial charge >= 0.3 is 0 Å². The lowest BCUT2D eigenvalue weighted by Gasteiger charge is -2.11. The van der Waals surface area contributed by atoms with E-state index in [1.54, 1.807) is 31.3 Å². The van der Waals surface area contributed by atoms with Crippen LogP contribution in [0.3, 0.4) is 0 Å². The van der Waals surface area contributed by atoms with Crippen LogP contribution in [0.1, 0.15) is 5.56 Å². The topological polar surface area (TPSA) is 52.8 Å². The molecule has 140 valence electrons. The lowest BCUT2D eigenvalue weighted by atomic mass is 10.2. The van der Waals surface area contributed by atoms with Crippen molar-refractivity contribution < 1.29 is 4.74 Å². The second-order valence-electron chi connectivity index (χ2n) is 5.99. The minimum atomic E-state index is 0.783. The minimum absolute atomic E-state index is 0.783. The summed E-state index contributed by atoms with van der Waals surface area (Å²) < 4.78 is 8.43. The second-order valence-corrected chi connectivity index (χ2v) is 7.85. The molecule has 7 heteroatoms. The fraction of sp³-hybridized carbons (Fsp3) is 0.0952. The molecule has 0 bridgehead atoms. The third-order valence-corrected chi connectivity index (χ3v) is 5.71. The highest BCUT2D eigenvalue weighted by Gasteiger charge is 2.16. The predicted octanol–water partition coefficient (Wildman–Crippen LogP) is 5.39. The average Bonchev–Trinajstić information content (AvgIpc) is 3.18. The van der Waals surface area contributed by atoms with Gasteiger partial charge in [-0.15, -0.1) is 10.2 Å². The maximum atomic E-state index is 5.29. The zero-order chi connectivity index (χ0) is 19.3. The summed E-state index contributed by atoms with van der Waals surface area (Å²) >= 11 is 5.13. The Kier molecular flexibility index (Phi) is 5.73. The average molecular weight is 453 g/mol. The summed E-state index contributed by atoms with van der Waals surface area (Å²) in [6.07, 6.45) is 3.52. The van der Waals surface area contributed by atoms with Gasteiger partial charge in [0.2, 0.25) is 0 Å². The molecule has 0 amide bonds. The number of aromatic nitrogens is 4. The minimum Gasteiger partial charge on any atom is -0.497 e. The molecule has 0 N–H and O–H groups in total. The summed E-state index contributed by atoms with van der Waals surface area (Å²) in [5.41, 5.74) is 3.17. The summed E-state index contributed by atoms with van der Waals surface area (Å²) in [6.45, 7) is 0. The fourth-order valence-electron chi connectivity index (χ4n) is 2.74. The molecule has 0 fully saturated rings. The Hall–Kier alpha value is -2.64. The van der Waals surface area contributed by atoms with Gasteiger partial charge in [0.15, 0.2) is 11.0 Å². The summed E-state index contributed by atoms with van der Waals surface area (Å²) in [6, 6.07) is 20.1. The molecule has 2 aromatic heterocycles. The molecule has 0 spiro atoms. The van der Waals surface area contributed by atoms with Crippen molar-refractivity contribution in [3.05, 3.63) is 83.1 Å². The van der Waals surface area contributed by atoms with Crippen LogP contribution in [-0.2, 0) is 5.75 Å². The molecule has 0 aliphatic carbocycles. The van der Waals surface area contributed by atoms with E-state index in [-0.39, 0.29) is 0 Å². The number of nitrogens with zero attached hydrogens (tertiary/aromatic N) is 4. The third kappa shape index (κ3) is 4.10. The van der Waals surface area contributed by atoms with Crippen LogP contribution in [0.2, 0.25) is 0 Å². The number of rotatable bonds is 6. The van der Waals surface area contributed by atoms with Crippen molar-refractivity contribution in [3.8, 4) is 22.8 Å². The first-order chi connectivity index (χ1) is 13.7. The van der Waals surface area contributed by atoms with E-state index >= 15 is 0 Å². The lowest BCUT2D eigenvalue weighted by molar-refractivity contribution is 0.414. The number of hydrogen-bond acceptors (Lipinski definition) is 5. The summed E-state index contributed by atoms with van der Waals surface area (Å²) in [5.74, 6) is 2.40. The summed E-state index contributed by atoms with van der Waals surface area (Å²) in [5, 5.41) is 9.75. The molecule has 0 radical (unpaired) electrons. The van der Waals surface area contributed by atoms with Crippen LogP contribution in [0.4, 0.5) is 0 Å². The number of thioether (sulfide) groups is 1. The molecule has 0 aliphatic rings. The third-order valence-electron chi connectivity index (χ3n) is 4.18. The van der Waals surface area contributed by atoms with Crippen molar-refractivity contribution in [3.63, 3.8) is 0 Å². The SMILES string of the molecule is COc1ccc(-n2c(SCc3ccc(Br)cc3)nnc2-c2ccncc2)cc1. The number of benzene rings is 2. The van der Waals surface area contributed by atoms with Crippen LogP contribution in [0, 0.1) is 0 Å². The van der Waals surface area contributed by atoms with E-state index in [1.807, 2.05) is 48.5 Å². The molecule has 2 aromatic carbocycles. The van der Waals surface area contributed by atoms with Crippen molar-refractivity contribution in [2.24, 2.45) is 0 Å². The van der Waals surface area contributed by atoms with Crippen LogP contribution in [0.25, 0.3) is 17.1 Å². The molecule has 5 nitrogen and oxygen atoms in total. The van der Waals surface area contributed by atoms with Gasteiger partial charge in [-0.05, 0) is 54.1 Å². The van der Waals surface area contributed by atoms with Crippen LogP contribution in [0.15, 0.2) is 82.7 Å². The van der Waals surface area contributed by atoms with Gasteiger partial charge < -0.3 is 4.74 Å². The van der Waals surface area contributed by atoms with Gasteiger partial charge in [0.1, 0.15) is 5.75 Å². The number of methoxy groups -OCH3 is 1. The molecule has 0 unspecified atom stereocenters. The zero-order valence-electron chi connectivity index (χ0n) is 15.1. The first kappa shape index (κ1) is 18.7. The van der Waals surface area contributed by atoms with Crippen LogP contribution < -0.4 is 4.74 Å². The molecule has 0 atom stereocenters. The Labute approximate surface area is 175 Å². The largest absolute Gasteiger partial charge is 0.497 e. The first-order valence-corrected chi connectivity index (χ1v) is 10.4. The number of pyridine rings is 1. The highest BCUT2D eigenvalue weighted by Crippen LogP contribution is 2.30. The standard InChI is InChI=1S/C21H17BrN4OS/c1-27-19-8-6-18(7-9-19)26-20(16-10-12-23-13-11-16)24-25-21(26)28-14-15-2-4-17(22)5-3-15/h2-13H,14H2,1H3. The van der Waals surface area contributed by atoms with E-state index in [2.05, 4.69) is 47.8 Å². The van der Waals surface area contributed by atoms with E-state index in [1.165, 1.54) is 5.56 Å². The molecular formula is C21H17BrN4OS. The van der Waals surface area contributed by atoms with Gasteiger partial charge in [-0.25, -0.2) is 0 Å². The van der Waals surface area contributed by atoms with Gasteiger partial charge in [-0.2, -0.15) is 0 Å². The van der Waals surface area contributed by atoms with E-state index < -0.39 is 0 Å². The van der Waals surface area contributed by atoms with Crippen LogP contribution in [0.5, 0.6) is 5.75 Å². The van der Waals surface area contributed by atoms with Gasteiger partial charge in [-0.1, -0.05) is 39.8 Å². The second kappa shape index (κ2) is 8.58. The normalized spacial score (nSPS) is 10.8. The Balaban J connectivity index is 1.71. The molecule has 0 saturated heterocycles. The Morgan fingerprint density at radius 2 is 1.64 bits per heavy atom. The quantitative estimate of drug-likeness (QED) is 0.367. The number of halogens is 1. The number of hydrogen-bond donors (Lipinski definition) is 0. The van der Waals surface area contributed by atoms with Crippen molar-refractivity contribution in [2.45, 2.75) is 10.9 Å². The van der Waals surface area contributed by atoms with Gasteiger partial charge in [0.25, 0.3) is 0 Å². The van der Waals surface area contributed by atoms with Crippen molar-refractivity contribution in [1.29, 1.82) is 0 Å². The highest BCUT2D eigenvalue weighted by atomic mass is 79.9. The van der Waals surface area contributed by atoms with Crippen molar-refractivity contribution in [1.82, 2.24) is 19.7 Å². The lowest BCUT2D eigenvalue weighted by Crippen LogP contribution is -2.00.